The smallest absolute Gasteiger partial charge is 0.171 e. The van der Waals surface area contributed by atoms with E-state index < -0.39 is 5.60 Å². The quantitative estimate of drug-likeness (QED) is 0.939. The first-order valence-corrected chi connectivity index (χ1v) is 7.81. The summed E-state index contributed by atoms with van der Waals surface area (Å²) in [6.07, 6.45) is 3.32. The number of hydrogen-bond donors (Lipinski definition) is 1. The second-order valence-electron chi connectivity index (χ2n) is 5.33. The van der Waals surface area contributed by atoms with Crippen molar-refractivity contribution in [3.05, 3.63) is 40.7 Å². The molecule has 3 nitrogen and oxygen atoms in total. The number of nitrogens with zero attached hydrogens (tertiary/aromatic N) is 1. The summed E-state index contributed by atoms with van der Waals surface area (Å²) in [5, 5.41) is 13.0. The summed E-state index contributed by atoms with van der Waals surface area (Å²) in [5.41, 5.74) is 0.859. The van der Waals surface area contributed by atoms with E-state index in [-0.39, 0.29) is 12.2 Å². The first-order valence-electron chi connectivity index (χ1n) is 6.93. The summed E-state index contributed by atoms with van der Waals surface area (Å²) in [5.74, 6) is -0.0797. The minimum Gasteiger partial charge on any atom is -0.382 e. The third-order valence-electron chi connectivity index (χ3n) is 3.88. The van der Waals surface area contributed by atoms with Crippen LogP contribution in [0.4, 0.5) is 0 Å². The van der Waals surface area contributed by atoms with Crippen LogP contribution in [0.1, 0.15) is 30.7 Å². The van der Waals surface area contributed by atoms with Gasteiger partial charge in [-0.3, -0.25) is 4.79 Å². The summed E-state index contributed by atoms with van der Waals surface area (Å²) in [6.45, 7) is 0. The van der Waals surface area contributed by atoms with Crippen LogP contribution in [0.2, 0.25) is 0 Å². The molecular weight excluding hydrogens is 270 g/mol. The molecule has 0 amide bonds. The standard InChI is InChI=1S/C16H17NO2S/c18-14(16(19)8-4-5-9-16)10-15-17-13(11-20-15)12-6-2-1-3-7-12/h1-3,6-7,11,19H,4-5,8-10H2. The summed E-state index contributed by atoms with van der Waals surface area (Å²) >= 11 is 1.49. The number of aromatic nitrogens is 1. The molecule has 104 valence electrons. The van der Waals surface area contributed by atoms with Crippen molar-refractivity contribution in [1.82, 2.24) is 4.98 Å². The van der Waals surface area contributed by atoms with Crippen molar-refractivity contribution in [3.8, 4) is 11.3 Å². The van der Waals surface area contributed by atoms with Crippen LogP contribution >= 0.6 is 11.3 Å². The molecule has 0 atom stereocenters. The van der Waals surface area contributed by atoms with Crippen LogP contribution in [0, 0.1) is 0 Å². The van der Waals surface area contributed by atoms with Gasteiger partial charge in [-0.25, -0.2) is 4.98 Å². The van der Waals surface area contributed by atoms with Crippen molar-refractivity contribution in [2.45, 2.75) is 37.7 Å². The van der Waals surface area contributed by atoms with Gasteiger partial charge in [0.25, 0.3) is 0 Å². The normalized spacial score (nSPS) is 17.2. The molecule has 2 aromatic rings. The van der Waals surface area contributed by atoms with Crippen LogP contribution in [0.3, 0.4) is 0 Å². The lowest BCUT2D eigenvalue weighted by Crippen LogP contribution is -2.36. The number of hydrogen-bond acceptors (Lipinski definition) is 4. The van der Waals surface area contributed by atoms with Crippen molar-refractivity contribution >= 4 is 17.1 Å². The predicted octanol–water partition coefficient (Wildman–Crippen LogP) is 3.23. The predicted molar refractivity (Wildman–Crippen MR) is 79.7 cm³/mol. The second kappa shape index (κ2) is 5.46. The van der Waals surface area contributed by atoms with Gasteiger partial charge >= 0.3 is 0 Å². The fourth-order valence-corrected chi connectivity index (χ4v) is 3.48. The van der Waals surface area contributed by atoms with Gasteiger partial charge in [0, 0.05) is 10.9 Å². The zero-order valence-electron chi connectivity index (χ0n) is 11.2. The molecule has 1 fully saturated rings. The van der Waals surface area contributed by atoms with E-state index in [1.165, 1.54) is 11.3 Å². The molecule has 1 aromatic carbocycles. The lowest BCUT2D eigenvalue weighted by Gasteiger charge is -2.19. The highest BCUT2D eigenvalue weighted by Gasteiger charge is 2.38. The molecule has 1 N–H and O–H groups in total. The van der Waals surface area contributed by atoms with Crippen molar-refractivity contribution in [3.63, 3.8) is 0 Å². The van der Waals surface area contributed by atoms with Crippen molar-refractivity contribution in [1.29, 1.82) is 0 Å². The third kappa shape index (κ3) is 2.67. The maximum atomic E-state index is 12.2. The van der Waals surface area contributed by atoms with Gasteiger partial charge in [-0.2, -0.15) is 0 Å². The molecule has 0 saturated heterocycles. The molecule has 1 heterocycles. The monoisotopic (exact) mass is 287 g/mol. The third-order valence-corrected chi connectivity index (χ3v) is 4.73. The number of Topliss-reactive ketones (excluding diaryl/α,β-unsaturated/α-hetero) is 1. The largest absolute Gasteiger partial charge is 0.382 e. The molecule has 4 heteroatoms. The molecule has 1 aliphatic carbocycles. The lowest BCUT2D eigenvalue weighted by atomic mass is 9.95. The maximum absolute atomic E-state index is 12.2. The van der Waals surface area contributed by atoms with E-state index in [2.05, 4.69) is 4.98 Å². The van der Waals surface area contributed by atoms with Gasteiger partial charge in [0.15, 0.2) is 5.78 Å². The molecule has 1 aromatic heterocycles. The zero-order chi connectivity index (χ0) is 14.0. The number of carbonyl (C=O) groups excluding carboxylic acids is 1. The van der Waals surface area contributed by atoms with E-state index in [9.17, 15) is 9.90 Å². The van der Waals surface area contributed by atoms with E-state index in [1.807, 2.05) is 35.7 Å². The van der Waals surface area contributed by atoms with Crippen LogP contribution in [-0.2, 0) is 11.2 Å². The van der Waals surface area contributed by atoms with Gasteiger partial charge in [0.05, 0.1) is 12.1 Å². The van der Waals surface area contributed by atoms with E-state index in [0.717, 1.165) is 29.1 Å². The van der Waals surface area contributed by atoms with Crippen molar-refractivity contribution in [2.75, 3.05) is 0 Å². The fourth-order valence-electron chi connectivity index (χ4n) is 2.67. The van der Waals surface area contributed by atoms with Gasteiger partial charge in [0.2, 0.25) is 0 Å². The Labute approximate surface area is 122 Å². The Kier molecular flexibility index (Phi) is 3.68. The molecule has 1 aliphatic rings. The number of thiazole rings is 1. The lowest BCUT2D eigenvalue weighted by molar-refractivity contribution is -0.136. The fraction of sp³-hybridized carbons (Fsp3) is 0.375. The average Bonchev–Trinajstić information content (AvgIpc) is 3.10. The summed E-state index contributed by atoms with van der Waals surface area (Å²) in [4.78, 5) is 16.7. The average molecular weight is 287 g/mol. The molecule has 20 heavy (non-hydrogen) atoms. The molecule has 0 unspecified atom stereocenters. The van der Waals surface area contributed by atoms with Crippen molar-refractivity contribution < 1.29 is 9.90 Å². The Morgan fingerprint density at radius 1 is 1.25 bits per heavy atom. The topological polar surface area (TPSA) is 50.2 Å². The van der Waals surface area contributed by atoms with E-state index in [4.69, 9.17) is 0 Å². The Morgan fingerprint density at radius 3 is 2.65 bits per heavy atom. The highest BCUT2D eigenvalue weighted by molar-refractivity contribution is 7.10. The molecule has 0 aliphatic heterocycles. The number of benzene rings is 1. The van der Waals surface area contributed by atoms with E-state index in [1.54, 1.807) is 0 Å². The summed E-state index contributed by atoms with van der Waals surface area (Å²) in [7, 11) is 0. The maximum Gasteiger partial charge on any atom is 0.171 e. The zero-order valence-corrected chi connectivity index (χ0v) is 12.0. The van der Waals surface area contributed by atoms with Crippen LogP contribution in [0.15, 0.2) is 35.7 Å². The Morgan fingerprint density at radius 2 is 1.95 bits per heavy atom. The minimum atomic E-state index is -1.10. The van der Waals surface area contributed by atoms with Crippen molar-refractivity contribution in [2.24, 2.45) is 0 Å². The summed E-state index contributed by atoms with van der Waals surface area (Å²) in [6, 6.07) is 9.92. The minimum absolute atomic E-state index is 0.0797. The Balaban J connectivity index is 1.73. The van der Waals surface area contributed by atoms with E-state index >= 15 is 0 Å². The van der Waals surface area contributed by atoms with Crippen LogP contribution in [-0.4, -0.2) is 21.5 Å². The highest BCUT2D eigenvalue weighted by Crippen LogP contribution is 2.32. The number of carbonyl (C=O) groups is 1. The number of ketones is 1. The van der Waals surface area contributed by atoms with Gasteiger partial charge < -0.3 is 5.11 Å². The number of rotatable bonds is 4. The van der Waals surface area contributed by atoms with Crippen LogP contribution in [0.25, 0.3) is 11.3 Å². The van der Waals surface area contributed by atoms with Crippen LogP contribution < -0.4 is 0 Å². The molecule has 1 saturated carbocycles. The SMILES string of the molecule is O=C(Cc1nc(-c2ccccc2)cs1)C1(O)CCCC1. The second-order valence-corrected chi connectivity index (χ2v) is 6.27. The molecule has 0 spiro atoms. The van der Waals surface area contributed by atoms with E-state index in [0.29, 0.717) is 12.8 Å². The molecule has 3 rings (SSSR count). The first-order chi connectivity index (χ1) is 9.67. The van der Waals surface area contributed by atoms with Gasteiger partial charge in [-0.15, -0.1) is 11.3 Å². The highest BCUT2D eigenvalue weighted by atomic mass is 32.1. The number of aliphatic hydroxyl groups is 1. The molecule has 0 bridgehead atoms. The Bertz CT molecular complexity index is 600. The van der Waals surface area contributed by atoms with Gasteiger partial charge in [-0.1, -0.05) is 30.3 Å². The van der Waals surface area contributed by atoms with Gasteiger partial charge in [-0.05, 0) is 25.7 Å². The first kappa shape index (κ1) is 13.5. The van der Waals surface area contributed by atoms with Crippen LogP contribution in [0.5, 0.6) is 0 Å². The molecular formula is C16H17NO2S. The Hall–Kier alpha value is -1.52. The summed E-state index contributed by atoms with van der Waals surface area (Å²) < 4.78 is 0. The van der Waals surface area contributed by atoms with Gasteiger partial charge in [0.1, 0.15) is 10.6 Å². The molecule has 0 radical (unpaired) electrons.